The highest BCUT2D eigenvalue weighted by Gasteiger charge is 2.09. The first-order valence-electron chi connectivity index (χ1n) is 6.34. The van der Waals surface area contributed by atoms with Crippen LogP contribution in [0.2, 0.25) is 0 Å². The molecule has 1 unspecified atom stereocenters. The summed E-state index contributed by atoms with van der Waals surface area (Å²) in [5.41, 5.74) is 0.695. The second kappa shape index (κ2) is 5.55. The lowest BCUT2D eigenvalue weighted by molar-refractivity contribution is 0.212. The maximum Gasteiger partial charge on any atom is 0.127 e. The lowest BCUT2D eigenvalue weighted by atomic mass is 10.0. The minimum Gasteiger partial charge on any atom is -0.490 e. The molecule has 0 amide bonds. The minimum atomic E-state index is 0.200. The smallest absolute Gasteiger partial charge is 0.127 e. The molecule has 92 valence electrons. The lowest BCUT2D eigenvalue weighted by Gasteiger charge is -2.16. The van der Waals surface area contributed by atoms with Gasteiger partial charge in [-0.3, -0.25) is 0 Å². The van der Waals surface area contributed by atoms with Crippen molar-refractivity contribution in [2.24, 2.45) is 0 Å². The van der Waals surface area contributed by atoms with E-state index in [2.05, 4.69) is 19.9 Å². The third-order valence-electron chi connectivity index (χ3n) is 3.03. The zero-order valence-electron chi connectivity index (χ0n) is 10.8. The maximum atomic E-state index is 9.10. The summed E-state index contributed by atoms with van der Waals surface area (Å²) in [6.45, 7) is 4.23. The van der Waals surface area contributed by atoms with E-state index in [4.69, 9.17) is 10.00 Å². The number of hydrogen-bond donors (Lipinski definition) is 0. The zero-order valence-corrected chi connectivity index (χ0v) is 10.8. The van der Waals surface area contributed by atoms with Crippen LogP contribution in [-0.2, 0) is 0 Å². The number of fused-ring (bicyclic) bond motifs is 1. The molecule has 0 spiro atoms. The van der Waals surface area contributed by atoms with Gasteiger partial charge in [-0.25, -0.2) is 0 Å². The van der Waals surface area contributed by atoms with E-state index in [0.717, 1.165) is 29.4 Å². The molecule has 0 heterocycles. The summed E-state index contributed by atoms with van der Waals surface area (Å²) in [5, 5.41) is 11.1. The molecule has 0 aliphatic rings. The summed E-state index contributed by atoms with van der Waals surface area (Å²) in [6, 6.07) is 13.8. The Labute approximate surface area is 108 Å². The van der Waals surface area contributed by atoms with Crippen molar-refractivity contribution in [3.8, 4) is 11.8 Å². The minimum absolute atomic E-state index is 0.200. The Morgan fingerprint density at radius 3 is 2.56 bits per heavy atom. The number of benzene rings is 2. The van der Waals surface area contributed by atoms with Crippen molar-refractivity contribution in [1.29, 1.82) is 5.26 Å². The van der Waals surface area contributed by atoms with Gasteiger partial charge < -0.3 is 4.74 Å². The molecule has 0 saturated heterocycles. The molecular formula is C16H17NO. The van der Waals surface area contributed by atoms with E-state index < -0.39 is 0 Å². The summed E-state index contributed by atoms with van der Waals surface area (Å²) in [4.78, 5) is 0. The maximum absolute atomic E-state index is 9.10. The molecule has 0 aromatic heterocycles. The average Bonchev–Trinajstić information content (AvgIpc) is 2.39. The summed E-state index contributed by atoms with van der Waals surface area (Å²) < 4.78 is 5.96. The van der Waals surface area contributed by atoms with Crippen LogP contribution in [0.3, 0.4) is 0 Å². The highest BCUT2D eigenvalue weighted by atomic mass is 16.5. The van der Waals surface area contributed by atoms with E-state index in [9.17, 15) is 0 Å². The Kier molecular flexibility index (Phi) is 3.84. The van der Waals surface area contributed by atoms with Gasteiger partial charge in [-0.05, 0) is 25.5 Å². The predicted molar refractivity (Wildman–Crippen MR) is 73.7 cm³/mol. The van der Waals surface area contributed by atoms with Gasteiger partial charge in [-0.1, -0.05) is 37.6 Å². The Balaban J connectivity index is 2.44. The standard InChI is InChI=1S/C16H17NO/c1-3-6-12(2)18-16-10-9-13(11-17)14-7-4-5-8-15(14)16/h4-5,7-10,12H,3,6H2,1-2H3. The van der Waals surface area contributed by atoms with Crippen LogP contribution in [0.25, 0.3) is 10.8 Å². The van der Waals surface area contributed by atoms with Crippen LogP contribution in [0.15, 0.2) is 36.4 Å². The van der Waals surface area contributed by atoms with Gasteiger partial charge in [0.15, 0.2) is 0 Å². The van der Waals surface area contributed by atoms with Gasteiger partial charge in [-0.15, -0.1) is 0 Å². The number of hydrogen-bond acceptors (Lipinski definition) is 2. The topological polar surface area (TPSA) is 33.0 Å². The van der Waals surface area contributed by atoms with E-state index in [-0.39, 0.29) is 6.10 Å². The summed E-state index contributed by atoms with van der Waals surface area (Å²) in [7, 11) is 0. The Hall–Kier alpha value is -2.01. The van der Waals surface area contributed by atoms with E-state index >= 15 is 0 Å². The third kappa shape index (κ3) is 2.46. The van der Waals surface area contributed by atoms with Crippen molar-refractivity contribution in [2.45, 2.75) is 32.8 Å². The van der Waals surface area contributed by atoms with Crippen LogP contribution in [0, 0.1) is 11.3 Å². The van der Waals surface area contributed by atoms with Crippen molar-refractivity contribution in [1.82, 2.24) is 0 Å². The monoisotopic (exact) mass is 239 g/mol. The fourth-order valence-electron chi connectivity index (χ4n) is 2.15. The molecule has 0 aliphatic heterocycles. The number of nitrogens with zero attached hydrogens (tertiary/aromatic N) is 1. The Morgan fingerprint density at radius 2 is 1.89 bits per heavy atom. The lowest BCUT2D eigenvalue weighted by Crippen LogP contribution is -2.11. The predicted octanol–water partition coefficient (Wildman–Crippen LogP) is 4.28. The van der Waals surface area contributed by atoms with E-state index in [0.29, 0.717) is 5.56 Å². The molecule has 0 N–H and O–H groups in total. The fourth-order valence-corrected chi connectivity index (χ4v) is 2.15. The van der Waals surface area contributed by atoms with Crippen molar-refractivity contribution in [3.63, 3.8) is 0 Å². The first kappa shape index (κ1) is 12.4. The number of ether oxygens (including phenoxy) is 1. The van der Waals surface area contributed by atoms with Crippen LogP contribution in [0.5, 0.6) is 5.75 Å². The van der Waals surface area contributed by atoms with Gasteiger partial charge >= 0.3 is 0 Å². The van der Waals surface area contributed by atoms with Crippen LogP contribution in [0.4, 0.5) is 0 Å². The second-order valence-electron chi connectivity index (χ2n) is 4.49. The van der Waals surface area contributed by atoms with Gasteiger partial charge in [0.2, 0.25) is 0 Å². The first-order valence-corrected chi connectivity index (χ1v) is 6.34. The molecule has 18 heavy (non-hydrogen) atoms. The van der Waals surface area contributed by atoms with Gasteiger partial charge in [0.05, 0.1) is 17.7 Å². The second-order valence-corrected chi connectivity index (χ2v) is 4.49. The molecule has 2 nitrogen and oxygen atoms in total. The average molecular weight is 239 g/mol. The molecule has 1 atom stereocenters. The summed E-state index contributed by atoms with van der Waals surface area (Å²) in [6.07, 6.45) is 2.34. The van der Waals surface area contributed by atoms with Gasteiger partial charge in [-0.2, -0.15) is 5.26 Å². The van der Waals surface area contributed by atoms with Crippen LogP contribution in [-0.4, -0.2) is 6.10 Å². The molecule has 2 rings (SSSR count). The quantitative estimate of drug-likeness (QED) is 0.797. The Bertz CT molecular complexity index is 583. The van der Waals surface area contributed by atoms with E-state index in [1.54, 1.807) is 0 Å². The van der Waals surface area contributed by atoms with Crippen LogP contribution >= 0.6 is 0 Å². The van der Waals surface area contributed by atoms with Crippen molar-refractivity contribution in [3.05, 3.63) is 42.0 Å². The molecular weight excluding hydrogens is 222 g/mol. The molecule has 2 aromatic rings. The van der Waals surface area contributed by atoms with Crippen molar-refractivity contribution in [2.75, 3.05) is 0 Å². The number of rotatable bonds is 4. The largest absolute Gasteiger partial charge is 0.490 e. The highest BCUT2D eigenvalue weighted by molar-refractivity contribution is 5.92. The van der Waals surface area contributed by atoms with Crippen LogP contribution < -0.4 is 4.74 Å². The molecule has 0 aliphatic carbocycles. The molecule has 0 fully saturated rings. The molecule has 2 heteroatoms. The van der Waals surface area contributed by atoms with E-state index in [1.807, 2.05) is 36.4 Å². The highest BCUT2D eigenvalue weighted by Crippen LogP contribution is 2.29. The SMILES string of the molecule is CCCC(C)Oc1ccc(C#N)c2ccccc12. The first-order chi connectivity index (χ1) is 8.76. The molecule has 2 aromatic carbocycles. The van der Waals surface area contributed by atoms with Crippen LogP contribution in [0.1, 0.15) is 32.3 Å². The van der Waals surface area contributed by atoms with Gasteiger partial charge in [0.1, 0.15) is 5.75 Å². The Morgan fingerprint density at radius 1 is 1.17 bits per heavy atom. The number of nitriles is 1. The third-order valence-corrected chi connectivity index (χ3v) is 3.03. The zero-order chi connectivity index (χ0) is 13.0. The van der Waals surface area contributed by atoms with Gasteiger partial charge in [0.25, 0.3) is 0 Å². The van der Waals surface area contributed by atoms with Crippen molar-refractivity contribution >= 4 is 10.8 Å². The summed E-state index contributed by atoms with van der Waals surface area (Å²) in [5.74, 6) is 0.866. The normalized spacial score (nSPS) is 12.1. The summed E-state index contributed by atoms with van der Waals surface area (Å²) >= 11 is 0. The van der Waals surface area contributed by atoms with Crippen molar-refractivity contribution < 1.29 is 4.74 Å². The van der Waals surface area contributed by atoms with E-state index in [1.165, 1.54) is 0 Å². The molecule has 0 bridgehead atoms. The fraction of sp³-hybridized carbons (Fsp3) is 0.312. The molecule has 0 radical (unpaired) electrons. The molecule has 0 saturated carbocycles. The van der Waals surface area contributed by atoms with Gasteiger partial charge in [0, 0.05) is 10.8 Å².